The molecule has 4 rings (SSSR count). The van der Waals surface area contributed by atoms with Crippen LogP contribution in [0, 0.1) is 0 Å². The first-order valence-corrected chi connectivity index (χ1v) is 9.31. The molecule has 0 radical (unpaired) electrons. The number of aromatic nitrogens is 2. The summed E-state index contributed by atoms with van der Waals surface area (Å²) in [6.45, 7) is 0.554. The quantitative estimate of drug-likeness (QED) is 0.565. The van der Waals surface area contributed by atoms with Crippen molar-refractivity contribution in [2.75, 3.05) is 6.54 Å². The minimum absolute atomic E-state index is 0.116. The van der Waals surface area contributed by atoms with Crippen molar-refractivity contribution in [2.45, 2.75) is 12.8 Å². The summed E-state index contributed by atoms with van der Waals surface area (Å²) in [5, 5.41) is 4.90. The zero-order chi connectivity index (χ0) is 17.8. The van der Waals surface area contributed by atoms with Crippen LogP contribution >= 0.6 is 11.3 Å². The molecule has 0 bridgehead atoms. The van der Waals surface area contributed by atoms with E-state index in [0.717, 1.165) is 17.7 Å². The van der Waals surface area contributed by atoms with Gasteiger partial charge in [0.2, 0.25) is 0 Å². The largest absolute Gasteiger partial charge is 0.440 e. The van der Waals surface area contributed by atoms with Crippen molar-refractivity contribution in [2.24, 2.45) is 0 Å². The molecule has 26 heavy (non-hydrogen) atoms. The first-order valence-electron chi connectivity index (χ1n) is 8.36. The molecule has 4 aromatic rings. The number of amides is 1. The van der Waals surface area contributed by atoms with Gasteiger partial charge >= 0.3 is 0 Å². The van der Waals surface area contributed by atoms with E-state index in [1.54, 1.807) is 35.0 Å². The molecule has 0 aliphatic rings. The SMILES string of the molecule is O=C(NCCc1cscn1)c1ccc2oc(Cc3ccccc3)nc2c1. The third-order valence-electron chi connectivity index (χ3n) is 4.04. The van der Waals surface area contributed by atoms with E-state index >= 15 is 0 Å². The van der Waals surface area contributed by atoms with Gasteiger partial charge in [-0.25, -0.2) is 9.97 Å². The van der Waals surface area contributed by atoms with Crippen LogP contribution < -0.4 is 5.32 Å². The molecule has 6 heteroatoms. The second-order valence-corrected chi connectivity index (χ2v) is 6.66. The van der Waals surface area contributed by atoms with Gasteiger partial charge in [-0.1, -0.05) is 30.3 Å². The fraction of sp³-hybridized carbons (Fsp3) is 0.150. The molecule has 0 saturated heterocycles. The van der Waals surface area contributed by atoms with Crippen molar-refractivity contribution in [1.29, 1.82) is 0 Å². The van der Waals surface area contributed by atoms with Crippen LogP contribution in [0.3, 0.4) is 0 Å². The van der Waals surface area contributed by atoms with Gasteiger partial charge in [-0.2, -0.15) is 0 Å². The summed E-state index contributed by atoms with van der Waals surface area (Å²) in [5.41, 5.74) is 5.89. The van der Waals surface area contributed by atoms with Gasteiger partial charge in [0.15, 0.2) is 11.5 Å². The van der Waals surface area contributed by atoms with E-state index in [1.807, 2.05) is 35.7 Å². The van der Waals surface area contributed by atoms with Gasteiger partial charge in [-0.15, -0.1) is 11.3 Å². The maximum Gasteiger partial charge on any atom is 0.251 e. The fourth-order valence-corrected chi connectivity index (χ4v) is 3.32. The number of nitrogens with zero attached hydrogens (tertiary/aromatic N) is 2. The minimum Gasteiger partial charge on any atom is -0.440 e. The number of thiazole rings is 1. The molecule has 0 fully saturated rings. The molecule has 5 nitrogen and oxygen atoms in total. The topological polar surface area (TPSA) is 68.0 Å². The standard InChI is InChI=1S/C20H17N3O2S/c24-20(21-9-8-16-12-26-13-22-16)15-6-7-18-17(11-15)23-19(25-18)10-14-4-2-1-3-5-14/h1-7,11-13H,8-10H2,(H,21,24). The lowest BCUT2D eigenvalue weighted by Crippen LogP contribution is -2.25. The minimum atomic E-state index is -0.116. The number of oxazole rings is 1. The Morgan fingerprint density at radius 2 is 2.04 bits per heavy atom. The molecular weight excluding hydrogens is 346 g/mol. The van der Waals surface area contributed by atoms with Gasteiger partial charge in [0.05, 0.1) is 11.2 Å². The Kier molecular flexibility index (Phi) is 4.75. The molecule has 0 aliphatic carbocycles. The van der Waals surface area contributed by atoms with E-state index in [9.17, 15) is 4.79 Å². The summed E-state index contributed by atoms with van der Waals surface area (Å²) >= 11 is 1.56. The van der Waals surface area contributed by atoms with Gasteiger partial charge < -0.3 is 9.73 Å². The zero-order valence-electron chi connectivity index (χ0n) is 14.0. The molecule has 0 saturated carbocycles. The average Bonchev–Trinajstić information content (AvgIpc) is 3.31. The number of fused-ring (bicyclic) bond motifs is 1. The molecule has 130 valence electrons. The number of nitrogens with one attached hydrogen (secondary N) is 1. The highest BCUT2D eigenvalue weighted by Gasteiger charge is 2.11. The van der Waals surface area contributed by atoms with Crippen molar-refractivity contribution < 1.29 is 9.21 Å². The van der Waals surface area contributed by atoms with Crippen molar-refractivity contribution in [3.8, 4) is 0 Å². The molecule has 2 heterocycles. The maximum absolute atomic E-state index is 12.3. The van der Waals surface area contributed by atoms with E-state index in [4.69, 9.17) is 4.42 Å². The number of hydrogen-bond acceptors (Lipinski definition) is 5. The lowest BCUT2D eigenvalue weighted by Gasteiger charge is -2.03. The van der Waals surface area contributed by atoms with E-state index in [2.05, 4.69) is 15.3 Å². The van der Waals surface area contributed by atoms with Crippen LogP contribution in [0.25, 0.3) is 11.1 Å². The van der Waals surface area contributed by atoms with Crippen LogP contribution in [0.15, 0.2) is 63.8 Å². The van der Waals surface area contributed by atoms with Crippen molar-refractivity contribution in [3.63, 3.8) is 0 Å². The summed E-state index contributed by atoms with van der Waals surface area (Å²) in [6, 6.07) is 15.4. The average molecular weight is 363 g/mol. The van der Waals surface area contributed by atoms with Gasteiger partial charge in [0.1, 0.15) is 5.52 Å². The zero-order valence-corrected chi connectivity index (χ0v) is 14.8. The van der Waals surface area contributed by atoms with E-state index < -0.39 is 0 Å². The predicted molar refractivity (Wildman–Crippen MR) is 101 cm³/mol. The normalized spacial score (nSPS) is 10.9. The second kappa shape index (κ2) is 7.49. The number of hydrogen-bond donors (Lipinski definition) is 1. The Morgan fingerprint density at radius 3 is 2.85 bits per heavy atom. The van der Waals surface area contributed by atoms with Crippen molar-refractivity contribution in [1.82, 2.24) is 15.3 Å². The van der Waals surface area contributed by atoms with Crippen molar-refractivity contribution in [3.05, 3.63) is 82.1 Å². The molecule has 0 spiro atoms. The van der Waals surface area contributed by atoms with Crippen LogP contribution in [0.2, 0.25) is 0 Å². The fourth-order valence-electron chi connectivity index (χ4n) is 2.73. The van der Waals surface area contributed by atoms with E-state index in [-0.39, 0.29) is 5.91 Å². The number of rotatable bonds is 6. The van der Waals surface area contributed by atoms with Crippen LogP contribution in [-0.2, 0) is 12.8 Å². The Morgan fingerprint density at radius 1 is 1.15 bits per heavy atom. The Hall–Kier alpha value is -2.99. The summed E-state index contributed by atoms with van der Waals surface area (Å²) in [6.07, 6.45) is 1.35. The smallest absolute Gasteiger partial charge is 0.251 e. The lowest BCUT2D eigenvalue weighted by atomic mass is 10.1. The second-order valence-electron chi connectivity index (χ2n) is 5.94. The van der Waals surface area contributed by atoms with Crippen LogP contribution in [0.1, 0.15) is 27.5 Å². The van der Waals surface area contributed by atoms with Gasteiger partial charge in [0.25, 0.3) is 5.91 Å². The third-order valence-corrected chi connectivity index (χ3v) is 4.68. The monoisotopic (exact) mass is 363 g/mol. The van der Waals surface area contributed by atoms with E-state index in [1.165, 1.54) is 0 Å². The Bertz CT molecular complexity index is 1010. The Balaban J connectivity index is 1.44. The van der Waals surface area contributed by atoms with Crippen LogP contribution in [0.4, 0.5) is 0 Å². The molecule has 1 amide bonds. The molecule has 0 atom stereocenters. The van der Waals surface area contributed by atoms with Crippen LogP contribution in [0.5, 0.6) is 0 Å². The molecule has 2 aromatic carbocycles. The van der Waals surface area contributed by atoms with Gasteiger partial charge in [0, 0.05) is 30.3 Å². The summed E-state index contributed by atoms with van der Waals surface area (Å²) in [7, 11) is 0. The highest BCUT2D eigenvalue weighted by atomic mass is 32.1. The summed E-state index contributed by atoms with van der Waals surface area (Å²) in [4.78, 5) is 21.1. The Labute approximate surface area is 154 Å². The van der Waals surface area contributed by atoms with Gasteiger partial charge in [-0.3, -0.25) is 4.79 Å². The predicted octanol–water partition coefficient (Wildman–Crippen LogP) is 3.85. The number of carbonyl (C=O) groups is 1. The third kappa shape index (κ3) is 3.81. The molecule has 2 aromatic heterocycles. The first-order chi connectivity index (χ1) is 12.8. The lowest BCUT2D eigenvalue weighted by molar-refractivity contribution is 0.0954. The molecular formula is C20H17N3O2S. The highest BCUT2D eigenvalue weighted by molar-refractivity contribution is 7.07. The summed E-state index contributed by atoms with van der Waals surface area (Å²) in [5.74, 6) is 0.530. The molecule has 1 N–H and O–H groups in total. The maximum atomic E-state index is 12.3. The van der Waals surface area contributed by atoms with Crippen LogP contribution in [-0.4, -0.2) is 22.4 Å². The molecule has 0 aliphatic heterocycles. The number of benzene rings is 2. The summed E-state index contributed by atoms with van der Waals surface area (Å²) < 4.78 is 5.79. The highest BCUT2D eigenvalue weighted by Crippen LogP contribution is 2.19. The first kappa shape index (κ1) is 16.5. The molecule has 0 unspecified atom stereocenters. The van der Waals surface area contributed by atoms with E-state index in [0.29, 0.717) is 35.5 Å². The number of carbonyl (C=O) groups excluding carboxylic acids is 1. The van der Waals surface area contributed by atoms with Crippen molar-refractivity contribution >= 4 is 28.3 Å². The van der Waals surface area contributed by atoms with Gasteiger partial charge in [-0.05, 0) is 23.8 Å².